The molecule has 1 rings (SSSR count). The van der Waals surface area contributed by atoms with Gasteiger partial charge in [-0.1, -0.05) is 20.3 Å². The third-order valence-corrected chi connectivity index (χ3v) is 3.27. The van der Waals surface area contributed by atoms with Crippen LogP contribution < -0.4 is 0 Å². The topological polar surface area (TPSA) is 38.7 Å². The van der Waals surface area contributed by atoms with Crippen LogP contribution in [0.5, 0.6) is 0 Å². The summed E-state index contributed by atoms with van der Waals surface area (Å²) < 4.78 is 10.8. The fourth-order valence-corrected chi connectivity index (χ4v) is 2.28. The fourth-order valence-electron chi connectivity index (χ4n) is 2.28. The molecule has 0 aliphatic heterocycles. The minimum atomic E-state index is -0.356. The van der Waals surface area contributed by atoms with E-state index in [9.17, 15) is 5.11 Å². The monoisotopic (exact) mass is 216 g/mol. The Hall–Kier alpha value is -0.120. The second kappa shape index (κ2) is 5.28. The highest BCUT2D eigenvalue weighted by Crippen LogP contribution is 2.37. The molecule has 0 bridgehead atoms. The van der Waals surface area contributed by atoms with E-state index in [1.54, 1.807) is 7.11 Å². The van der Waals surface area contributed by atoms with Gasteiger partial charge in [0.05, 0.1) is 24.9 Å². The normalized spacial score (nSPS) is 32.6. The highest BCUT2D eigenvalue weighted by molar-refractivity contribution is 4.89. The van der Waals surface area contributed by atoms with E-state index in [1.165, 1.54) is 0 Å². The first-order chi connectivity index (χ1) is 6.97. The van der Waals surface area contributed by atoms with Crippen LogP contribution in [0, 0.1) is 5.41 Å². The number of ether oxygens (including phenoxy) is 2. The van der Waals surface area contributed by atoms with E-state index in [4.69, 9.17) is 9.47 Å². The highest BCUT2D eigenvalue weighted by atomic mass is 16.5. The molecule has 1 aliphatic carbocycles. The summed E-state index contributed by atoms with van der Waals surface area (Å²) in [6.45, 7) is 6.78. The Bertz CT molecular complexity index is 191. The molecule has 3 nitrogen and oxygen atoms in total. The molecule has 0 saturated heterocycles. The molecule has 3 unspecified atom stereocenters. The summed E-state index contributed by atoms with van der Waals surface area (Å²) >= 11 is 0. The van der Waals surface area contributed by atoms with Gasteiger partial charge in [0.1, 0.15) is 0 Å². The zero-order valence-electron chi connectivity index (χ0n) is 10.3. The van der Waals surface area contributed by atoms with Gasteiger partial charge in [-0.3, -0.25) is 0 Å². The smallest absolute Gasteiger partial charge is 0.0852 e. The molecule has 1 aliphatic rings. The minimum absolute atomic E-state index is 0.0181. The van der Waals surface area contributed by atoms with Gasteiger partial charge >= 0.3 is 0 Å². The lowest BCUT2D eigenvalue weighted by Gasteiger charge is -2.41. The van der Waals surface area contributed by atoms with Crippen LogP contribution in [0.25, 0.3) is 0 Å². The number of aliphatic hydroxyl groups excluding tert-OH is 1. The molecular weight excluding hydrogens is 192 g/mol. The first-order valence-corrected chi connectivity index (χ1v) is 5.80. The summed E-state index contributed by atoms with van der Waals surface area (Å²) in [4.78, 5) is 0. The first-order valence-electron chi connectivity index (χ1n) is 5.80. The highest BCUT2D eigenvalue weighted by Gasteiger charge is 2.38. The summed E-state index contributed by atoms with van der Waals surface area (Å²) in [5.41, 5.74) is -0.0181. The van der Waals surface area contributed by atoms with E-state index < -0.39 is 0 Å². The molecule has 0 aromatic heterocycles. The fraction of sp³-hybridized carbons (Fsp3) is 1.00. The first kappa shape index (κ1) is 12.9. The number of hydrogen-bond acceptors (Lipinski definition) is 3. The zero-order valence-corrected chi connectivity index (χ0v) is 10.3. The Morgan fingerprint density at radius 3 is 2.73 bits per heavy atom. The van der Waals surface area contributed by atoms with Gasteiger partial charge in [0.25, 0.3) is 0 Å². The minimum Gasteiger partial charge on any atom is -0.390 e. The van der Waals surface area contributed by atoms with Crippen LogP contribution in [0.15, 0.2) is 0 Å². The number of aliphatic hydroxyl groups is 1. The van der Waals surface area contributed by atoms with E-state index >= 15 is 0 Å². The van der Waals surface area contributed by atoms with Gasteiger partial charge in [-0.2, -0.15) is 0 Å². The standard InChI is InChI=1S/C12H24O3/c1-9(8-14-4)15-10-6-5-7-12(2,3)11(10)13/h9-11,13H,5-8H2,1-4H3. The van der Waals surface area contributed by atoms with Crippen LogP contribution in [-0.2, 0) is 9.47 Å². The van der Waals surface area contributed by atoms with Crippen molar-refractivity contribution < 1.29 is 14.6 Å². The van der Waals surface area contributed by atoms with Crippen molar-refractivity contribution in [1.29, 1.82) is 0 Å². The van der Waals surface area contributed by atoms with Crippen molar-refractivity contribution in [3.05, 3.63) is 0 Å². The zero-order chi connectivity index (χ0) is 11.5. The van der Waals surface area contributed by atoms with Crippen molar-refractivity contribution in [2.75, 3.05) is 13.7 Å². The predicted molar refractivity (Wildman–Crippen MR) is 59.8 cm³/mol. The molecule has 0 aromatic rings. The van der Waals surface area contributed by atoms with Crippen molar-refractivity contribution in [3.8, 4) is 0 Å². The van der Waals surface area contributed by atoms with Crippen LogP contribution in [0.2, 0.25) is 0 Å². The lowest BCUT2D eigenvalue weighted by atomic mass is 9.73. The maximum absolute atomic E-state index is 10.1. The second-order valence-corrected chi connectivity index (χ2v) is 5.27. The molecule has 0 amide bonds. The third-order valence-electron chi connectivity index (χ3n) is 3.27. The van der Waals surface area contributed by atoms with Crippen LogP contribution >= 0.6 is 0 Å². The van der Waals surface area contributed by atoms with Crippen molar-refractivity contribution in [2.24, 2.45) is 5.41 Å². The van der Waals surface area contributed by atoms with Gasteiger partial charge in [0.15, 0.2) is 0 Å². The second-order valence-electron chi connectivity index (χ2n) is 5.27. The largest absolute Gasteiger partial charge is 0.390 e. The average Bonchev–Trinajstić information content (AvgIpc) is 2.13. The molecule has 0 heterocycles. The molecule has 15 heavy (non-hydrogen) atoms. The maximum atomic E-state index is 10.1. The Kier molecular flexibility index (Phi) is 4.56. The van der Waals surface area contributed by atoms with Crippen molar-refractivity contribution in [1.82, 2.24) is 0 Å². The molecule has 90 valence electrons. The van der Waals surface area contributed by atoms with Gasteiger partial charge in [0.2, 0.25) is 0 Å². The Labute approximate surface area is 92.8 Å². The van der Waals surface area contributed by atoms with E-state index in [-0.39, 0.29) is 23.7 Å². The van der Waals surface area contributed by atoms with Crippen molar-refractivity contribution in [3.63, 3.8) is 0 Å². The Balaban J connectivity index is 2.47. The van der Waals surface area contributed by atoms with Crippen LogP contribution in [0.4, 0.5) is 0 Å². The lowest BCUT2D eigenvalue weighted by molar-refractivity contribution is -0.142. The summed E-state index contributed by atoms with van der Waals surface area (Å²) in [6.07, 6.45) is 2.84. The molecule has 3 atom stereocenters. The van der Waals surface area contributed by atoms with E-state index in [1.807, 2.05) is 6.92 Å². The molecule has 0 spiro atoms. The molecule has 1 fully saturated rings. The van der Waals surface area contributed by atoms with E-state index in [0.29, 0.717) is 6.61 Å². The van der Waals surface area contributed by atoms with Crippen LogP contribution in [0.3, 0.4) is 0 Å². The summed E-state index contributed by atoms with van der Waals surface area (Å²) in [5, 5.41) is 10.1. The van der Waals surface area contributed by atoms with Gasteiger partial charge in [-0.25, -0.2) is 0 Å². The number of rotatable bonds is 4. The van der Waals surface area contributed by atoms with E-state index in [0.717, 1.165) is 19.3 Å². The molecule has 1 saturated carbocycles. The van der Waals surface area contributed by atoms with E-state index in [2.05, 4.69) is 13.8 Å². The number of hydrogen-bond donors (Lipinski definition) is 1. The summed E-state index contributed by atoms with van der Waals surface area (Å²) in [6, 6.07) is 0. The van der Waals surface area contributed by atoms with Crippen molar-refractivity contribution >= 4 is 0 Å². The predicted octanol–water partition coefficient (Wildman–Crippen LogP) is 1.98. The SMILES string of the molecule is COCC(C)OC1CCCC(C)(C)C1O. The quantitative estimate of drug-likeness (QED) is 0.781. The van der Waals surface area contributed by atoms with Crippen LogP contribution in [-0.4, -0.2) is 37.1 Å². The molecule has 3 heteroatoms. The summed E-state index contributed by atoms with van der Waals surface area (Å²) in [7, 11) is 1.67. The maximum Gasteiger partial charge on any atom is 0.0852 e. The summed E-state index contributed by atoms with van der Waals surface area (Å²) in [5.74, 6) is 0. The van der Waals surface area contributed by atoms with Gasteiger partial charge < -0.3 is 14.6 Å². The lowest BCUT2D eigenvalue weighted by Crippen LogP contribution is -2.46. The Morgan fingerprint density at radius 2 is 2.13 bits per heavy atom. The van der Waals surface area contributed by atoms with Crippen molar-refractivity contribution in [2.45, 2.75) is 58.3 Å². The number of methoxy groups -OCH3 is 1. The third kappa shape index (κ3) is 3.44. The molecule has 0 aromatic carbocycles. The van der Waals surface area contributed by atoms with Gasteiger partial charge in [0, 0.05) is 7.11 Å². The molecule has 1 N–H and O–H groups in total. The molecule has 0 radical (unpaired) electrons. The van der Waals surface area contributed by atoms with Gasteiger partial charge in [-0.05, 0) is 25.2 Å². The average molecular weight is 216 g/mol. The van der Waals surface area contributed by atoms with Crippen LogP contribution in [0.1, 0.15) is 40.0 Å². The Morgan fingerprint density at radius 1 is 1.47 bits per heavy atom. The van der Waals surface area contributed by atoms with Gasteiger partial charge in [-0.15, -0.1) is 0 Å². The molecular formula is C12H24O3.